The molecule has 0 aromatic heterocycles. The lowest BCUT2D eigenvalue weighted by molar-refractivity contribution is 0.311. The third kappa shape index (κ3) is 1.97. The molecule has 4 rings (SSSR count). The summed E-state index contributed by atoms with van der Waals surface area (Å²) in [7, 11) is 0. The van der Waals surface area contributed by atoms with E-state index in [-0.39, 0.29) is 0 Å². The topological polar surface area (TPSA) is 15.3 Å². The van der Waals surface area contributed by atoms with Crippen molar-refractivity contribution in [2.75, 3.05) is 24.5 Å². The van der Waals surface area contributed by atoms with Crippen molar-refractivity contribution in [3.63, 3.8) is 0 Å². The van der Waals surface area contributed by atoms with Crippen LogP contribution in [0.2, 0.25) is 0 Å². The van der Waals surface area contributed by atoms with Crippen molar-refractivity contribution in [2.24, 2.45) is 0 Å². The molecule has 2 nitrogen and oxygen atoms in total. The maximum atomic E-state index is 3.53. The van der Waals surface area contributed by atoms with Gasteiger partial charge in [0, 0.05) is 17.8 Å². The monoisotopic (exact) mass is 256 g/mol. The van der Waals surface area contributed by atoms with Gasteiger partial charge in [0.2, 0.25) is 0 Å². The standard InChI is InChI=1S/C17H24N2/c1-2-5-16(15(4-1)14-6-7-14)19-13-3-8-17(19)9-11-18-12-10-17/h1-2,4-5,14,18H,3,6-13H2. The summed E-state index contributed by atoms with van der Waals surface area (Å²) in [5.41, 5.74) is 3.66. The normalized spacial score (nSPS) is 26.0. The first-order chi connectivity index (χ1) is 9.39. The van der Waals surface area contributed by atoms with Crippen molar-refractivity contribution >= 4 is 5.69 Å². The maximum Gasteiger partial charge on any atom is 0.0427 e. The van der Waals surface area contributed by atoms with Crippen LogP contribution in [0.15, 0.2) is 24.3 Å². The van der Waals surface area contributed by atoms with E-state index in [1.54, 1.807) is 11.3 Å². The molecule has 0 radical (unpaired) electrons. The Balaban J connectivity index is 1.70. The molecule has 1 aromatic rings. The summed E-state index contributed by atoms with van der Waals surface area (Å²) in [6, 6.07) is 9.21. The van der Waals surface area contributed by atoms with E-state index in [0.29, 0.717) is 5.54 Å². The number of hydrogen-bond donors (Lipinski definition) is 1. The molecule has 1 aromatic carbocycles. The molecule has 1 saturated carbocycles. The third-order valence-electron chi connectivity index (χ3n) is 5.38. The van der Waals surface area contributed by atoms with Crippen LogP contribution in [0.3, 0.4) is 0 Å². The Kier molecular flexibility index (Phi) is 2.80. The first-order valence-electron chi connectivity index (χ1n) is 7.96. The Hall–Kier alpha value is -1.02. The van der Waals surface area contributed by atoms with Gasteiger partial charge >= 0.3 is 0 Å². The minimum Gasteiger partial charge on any atom is -0.366 e. The molecule has 0 bridgehead atoms. The zero-order valence-electron chi connectivity index (χ0n) is 11.7. The second-order valence-electron chi connectivity index (χ2n) is 6.56. The molecule has 19 heavy (non-hydrogen) atoms. The van der Waals surface area contributed by atoms with Gasteiger partial charge in [-0.3, -0.25) is 0 Å². The summed E-state index contributed by atoms with van der Waals surface area (Å²) < 4.78 is 0. The van der Waals surface area contributed by atoms with E-state index in [1.165, 1.54) is 58.2 Å². The molecule has 0 atom stereocenters. The van der Waals surface area contributed by atoms with Crippen LogP contribution in [-0.2, 0) is 0 Å². The molecule has 0 amide bonds. The Morgan fingerprint density at radius 3 is 2.63 bits per heavy atom. The summed E-state index contributed by atoms with van der Waals surface area (Å²) in [6.07, 6.45) is 8.23. The van der Waals surface area contributed by atoms with Gasteiger partial charge in [-0.2, -0.15) is 0 Å². The largest absolute Gasteiger partial charge is 0.366 e. The quantitative estimate of drug-likeness (QED) is 0.873. The fourth-order valence-corrected chi connectivity index (χ4v) is 4.20. The molecule has 2 heterocycles. The number of anilines is 1. The molecule has 1 spiro atoms. The van der Waals surface area contributed by atoms with E-state index in [4.69, 9.17) is 0 Å². The fraction of sp³-hybridized carbons (Fsp3) is 0.647. The van der Waals surface area contributed by atoms with Gasteiger partial charge in [0.15, 0.2) is 0 Å². The number of para-hydroxylation sites is 1. The van der Waals surface area contributed by atoms with Crippen LogP contribution < -0.4 is 10.2 Å². The second kappa shape index (κ2) is 4.52. The average molecular weight is 256 g/mol. The van der Waals surface area contributed by atoms with Gasteiger partial charge < -0.3 is 10.2 Å². The number of hydrogen-bond acceptors (Lipinski definition) is 2. The average Bonchev–Trinajstić information content (AvgIpc) is 3.23. The Morgan fingerprint density at radius 1 is 1.05 bits per heavy atom. The van der Waals surface area contributed by atoms with Crippen molar-refractivity contribution < 1.29 is 0 Å². The van der Waals surface area contributed by atoms with Crippen LogP contribution >= 0.6 is 0 Å². The lowest BCUT2D eigenvalue weighted by Gasteiger charge is -2.44. The highest BCUT2D eigenvalue weighted by atomic mass is 15.2. The van der Waals surface area contributed by atoms with E-state index in [9.17, 15) is 0 Å². The fourth-order valence-electron chi connectivity index (χ4n) is 4.20. The Morgan fingerprint density at radius 2 is 1.84 bits per heavy atom. The lowest BCUT2D eigenvalue weighted by Crippen LogP contribution is -2.51. The van der Waals surface area contributed by atoms with Crippen molar-refractivity contribution in [2.45, 2.75) is 50.0 Å². The minimum atomic E-state index is 0.468. The summed E-state index contributed by atoms with van der Waals surface area (Å²) in [5.74, 6) is 0.857. The van der Waals surface area contributed by atoms with Gasteiger partial charge in [-0.1, -0.05) is 18.2 Å². The van der Waals surface area contributed by atoms with Gasteiger partial charge in [0.25, 0.3) is 0 Å². The van der Waals surface area contributed by atoms with Gasteiger partial charge in [-0.25, -0.2) is 0 Å². The highest BCUT2D eigenvalue weighted by molar-refractivity contribution is 5.59. The summed E-state index contributed by atoms with van der Waals surface area (Å²) in [6.45, 7) is 3.66. The molecule has 102 valence electrons. The Labute approximate surface area is 116 Å². The molecular formula is C17H24N2. The van der Waals surface area contributed by atoms with Crippen LogP contribution in [0.25, 0.3) is 0 Å². The van der Waals surface area contributed by atoms with Crippen LogP contribution in [-0.4, -0.2) is 25.2 Å². The summed E-state index contributed by atoms with van der Waals surface area (Å²) in [5, 5.41) is 3.53. The molecule has 0 unspecified atom stereocenters. The van der Waals surface area contributed by atoms with Gasteiger partial charge in [-0.05, 0) is 69.2 Å². The molecule has 1 aliphatic carbocycles. The lowest BCUT2D eigenvalue weighted by atomic mass is 9.85. The van der Waals surface area contributed by atoms with E-state index >= 15 is 0 Å². The third-order valence-corrected chi connectivity index (χ3v) is 5.38. The Bertz CT molecular complexity index is 458. The first-order valence-corrected chi connectivity index (χ1v) is 7.96. The number of nitrogens with zero attached hydrogens (tertiary/aromatic N) is 1. The molecule has 3 fully saturated rings. The molecule has 2 heteroatoms. The predicted molar refractivity (Wildman–Crippen MR) is 79.8 cm³/mol. The number of benzene rings is 1. The molecule has 1 N–H and O–H groups in total. The molecular weight excluding hydrogens is 232 g/mol. The van der Waals surface area contributed by atoms with E-state index < -0.39 is 0 Å². The van der Waals surface area contributed by atoms with Crippen LogP contribution in [0.4, 0.5) is 5.69 Å². The highest BCUT2D eigenvalue weighted by Crippen LogP contribution is 2.48. The first kappa shape index (κ1) is 11.8. The zero-order chi connectivity index (χ0) is 12.7. The SMILES string of the molecule is c1ccc(N2CCCC23CCNCC3)c(C2CC2)c1. The summed E-state index contributed by atoms with van der Waals surface area (Å²) in [4.78, 5) is 2.78. The van der Waals surface area contributed by atoms with Crippen LogP contribution in [0.5, 0.6) is 0 Å². The van der Waals surface area contributed by atoms with E-state index in [2.05, 4.69) is 34.5 Å². The molecule has 3 aliphatic rings. The van der Waals surface area contributed by atoms with Crippen molar-refractivity contribution in [3.8, 4) is 0 Å². The van der Waals surface area contributed by atoms with Crippen molar-refractivity contribution in [1.82, 2.24) is 5.32 Å². The maximum absolute atomic E-state index is 3.53. The van der Waals surface area contributed by atoms with Gasteiger partial charge in [0.1, 0.15) is 0 Å². The van der Waals surface area contributed by atoms with Crippen molar-refractivity contribution in [3.05, 3.63) is 29.8 Å². The minimum absolute atomic E-state index is 0.468. The zero-order valence-corrected chi connectivity index (χ0v) is 11.7. The van der Waals surface area contributed by atoms with Gasteiger partial charge in [0.05, 0.1) is 0 Å². The highest BCUT2D eigenvalue weighted by Gasteiger charge is 2.43. The summed E-state index contributed by atoms with van der Waals surface area (Å²) >= 11 is 0. The van der Waals surface area contributed by atoms with E-state index in [0.717, 1.165) is 5.92 Å². The molecule has 2 aliphatic heterocycles. The van der Waals surface area contributed by atoms with Gasteiger partial charge in [-0.15, -0.1) is 0 Å². The number of rotatable bonds is 2. The molecule has 2 saturated heterocycles. The van der Waals surface area contributed by atoms with E-state index in [1.807, 2.05) is 0 Å². The van der Waals surface area contributed by atoms with Crippen LogP contribution in [0, 0.1) is 0 Å². The smallest absolute Gasteiger partial charge is 0.0427 e. The predicted octanol–water partition coefficient (Wildman–Crippen LogP) is 3.29. The number of nitrogens with one attached hydrogen (secondary N) is 1. The second-order valence-corrected chi connectivity index (χ2v) is 6.56. The number of piperidine rings is 1. The van der Waals surface area contributed by atoms with Crippen molar-refractivity contribution in [1.29, 1.82) is 0 Å². The van der Waals surface area contributed by atoms with Crippen LogP contribution in [0.1, 0.15) is 50.0 Å².